The minimum atomic E-state index is -0.115. The summed E-state index contributed by atoms with van der Waals surface area (Å²) in [5.41, 5.74) is 1.61. The Morgan fingerprint density at radius 2 is 2.16 bits per heavy atom. The molecule has 0 aliphatic heterocycles. The summed E-state index contributed by atoms with van der Waals surface area (Å²) in [5, 5.41) is 4.12. The summed E-state index contributed by atoms with van der Waals surface area (Å²) in [4.78, 5) is 19.5. The lowest BCUT2D eigenvalue weighted by molar-refractivity contribution is 0.688. The molecule has 0 unspecified atom stereocenters. The maximum Gasteiger partial charge on any atom is 0.265 e. The van der Waals surface area contributed by atoms with Crippen molar-refractivity contribution in [2.45, 2.75) is 31.6 Å². The average molecular weight is 323 g/mol. The van der Waals surface area contributed by atoms with Gasteiger partial charge in [-0.15, -0.1) is 0 Å². The molecule has 0 aromatic carbocycles. The van der Waals surface area contributed by atoms with Crippen LogP contribution in [0.2, 0.25) is 0 Å². The van der Waals surface area contributed by atoms with Gasteiger partial charge in [0, 0.05) is 19.2 Å². The third-order valence-corrected chi connectivity index (χ3v) is 4.37. The Hall–Kier alpha value is -1.43. The second kappa shape index (κ2) is 4.92. The standard InChI is InChI=1S/C13H15BrN4O/c1-18-7-9(6-15-18)12-16-11(8-4-2-3-5-8)10(14)13(19)17-12/h6-8H,2-5H2,1H3,(H,16,17,19). The Balaban J connectivity index is 2.09. The average Bonchev–Trinajstić information content (AvgIpc) is 3.03. The summed E-state index contributed by atoms with van der Waals surface area (Å²) in [7, 11) is 1.85. The minimum absolute atomic E-state index is 0.115. The van der Waals surface area contributed by atoms with Crippen molar-refractivity contribution >= 4 is 15.9 Å². The van der Waals surface area contributed by atoms with Gasteiger partial charge in [0.15, 0.2) is 0 Å². The third kappa shape index (κ3) is 2.36. The van der Waals surface area contributed by atoms with E-state index in [-0.39, 0.29) is 5.56 Å². The first-order valence-corrected chi connectivity index (χ1v) is 7.23. The quantitative estimate of drug-likeness (QED) is 0.924. The number of aromatic nitrogens is 4. The fourth-order valence-electron chi connectivity index (χ4n) is 2.63. The largest absolute Gasteiger partial charge is 0.305 e. The Kier molecular flexibility index (Phi) is 3.26. The molecule has 2 aromatic rings. The number of H-pyrrole nitrogens is 1. The molecule has 6 heteroatoms. The van der Waals surface area contributed by atoms with Crippen molar-refractivity contribution in [1.82, 2.24) is 19.7 Å². The van der Waals surface area contributed by atoms with E-state index >= 15 is 0 Å². The Morgan fingerprint density at radius 1 is 1.42 bits per heavy atom. The molecule has 0 radical (unpaired) electrons. The molecule has 100 valence electrons. The van der Waals surface area contributed by atoms with Gasteiger partial charge in [0.1, 0.15) is 10.3 Å². The van der Waals surface area contributed by atoms with Crippen LogP contribution in [0.3, 0.4) is 0 Å². The number of hydrogen-bond donors (Lipinski definition) is 1. The number of aromatic amines is 1. The number of rotatable bonds is 2. The van der Waals surface area contributed by atoms with Gasteiger partial charge in [-0.25, -0.2) is 4.98 Å². The lowest BCUT2D eigenvalue weighted by atomic mass is 10.0. The number of nitrogens with zero attached hydrogens (tertiary/aromatic N) is 3. The molecule has 1 aliphatic rings. The summed E-state index contributed by atoms with van der Waals surface area (Å²) in [6.07, 6.45) is 8.22. The molecule has 0 amide bonds. The Morgan fingerprint density at radius 3 is 2.79 bits per heavy atom. The second-order valence-corrected chi connectivity index (χ2v) is 5.79. The molecule has 2 aromatic heterocycles. The van der Waals surface area contributed by atoms with Crippen molar-refractivity contribution in [2.75, 3.05) is 0 Å². The van der Waals surface area contributed by atoms with Gasteiger partial charge in [0.25, 0.3) is 5.56 Å². The SMILES string of the molecule is Cn1cc(-c2nc(C3CCCC3)c(Br)c(=O)[nH]2)cn1. The van der Waals surface area contributed by atoms with Gasteiger partial charge in [-0.1, -0.05) is 12.8 Å². The van der Waals surface area contributed by atoms with Gasteiger partial charge in [0.2, 0.25) is 0 Å². The summed E-state index contributed by atoms with van der Waals surface area (Å²) in [6, 6.07) is 0. The number of halogens is 1. The van der Waals surface area contributed by atoms with Crippen molar-refractivity contribution < 1.29 is 0 Å². The molecule has 19 heavy (non-hydrogen) atoms. The summed E-state index contributed by atoms with van der Waals surface area (Å²) in [6.45, 7) is 0. The van der Waals surface area contributed by atoms with Crippen molar-refractivity contribution in [3.63, 3.8) is 0 Å². The summed E-state index contributed by atoms with van der Waals surface area (Å²) < 4.78 is 2.28. The monoisotopic (exact) mass is 322 g/mol. The van der Waals surface area contributed by atoms with Gasteiger partial charge < -0.3 is 4.98 Å². The zero-order valence-corrected chi connectivity index (χ0v) is 12.3. The molecule has 0 spiro atoms. The zero-order chi connectivity index (χ0) is 13.4. The lowest BCUT2D eigenvalue weighted by Gasteiger charge is -2.11. The molecule has 5 nitrogen and oxygen atoms in total. The molecule has 0 saturated heterocycles. The van der Waals surface area contributed by atoms with E-state index < -0.39 is 0 Å². The first kappa shape index (κ1) is 12.6. The smallest absolute Gasteiger partial charge is 0.265 e. The molecular formula is C13H15BrN4O. The molecule has 1 saturated carbocycles. The van der Waals surface area contributed by atoms with Crippen LogP contribution in [0.5, 0.6) is 0 Å². The highest BCUT2D eigenvalue weighted by Crippen LogP contribution is 2.35. The highest BCUT2D eigenvalue weighted by Gasteiger charge is 2.23. The van der Waals surface area contributed by atoms with Gasteiger partial charge in [-0.05, 0) is 28.8 Å². The molecule has 1 aliphatic carbocycles. The molecular weight excluding hydrogens is 308 g/mol. The highest BCUT2D eigenvalue weighted by molar-refractivity contribution is 9.10. The van der Waals surface area contributed by atoms with E-state index in [4.69, 9.17) is 0 Å². The van der Waals surface area contributed by atoms with E-state index in [1.54, 1.807) is 10.9 Å². The van der Waals surface area contributed by atoms with E-state index in [0.717, 1.165) is 24.1 Å². The van der Waals surface area contributed by atoms with Crippen LogP contribution in [0, 0.1) is 0 Å². The predicted octanol–water partition coefficient (Wildman–Crippen LogP) is 2.59. The van der Waals surface area contributed by atoms with Crippen LogP contribution >= 0.6 is 15.9 Å². The van der Waals surface area contributed by atoms with E-state index in [0.29, 0.717) is 16.2 Å². The van der Waals surface area contributed by atoms with Crippen LogP contribution in [-0.4, -0.2) is 19.7 Å². The summed E-state index contributed by atoms with van der Waals surface area (Å²) >= 11 is 3.38. The number of nitrogens with one attached hydrogen (secondary N) is 1. The molecule has 0 bridgehead atoms. The molecule has 3 rings (SSSR count). The van der Waals surface area contributed by atoms with Crippen LogP contribution < -0.4 is 5.56 Å². The normalized spacial score (nSPS) is 16.1. The van der Waals surface area contributed by atoms with Crippen LogP contribution in [0.25, 0.3) is 11.4 Å². The molecule has 1 N–H and O–H groups in total. The van der Waals surface area contributed by atoms with Crippen molar-refractivity contribution in [2.24, 2.45) is 7.05 Å². The van der Waals surface area contributed by atoms with Gasteiger partial charge in [0.05, 0.1) is 17.5 Å². The maximum absolute atomic E-state index is 12.0. The van der Waals surface area contributed by atoms with Crippen LogP contribution in [0.4, 0.5) is 0 Å². The van der Waals surface area contributed by atoms with E-state index in [9.17, 15) is 4.79 Å². The number of hydrogen-bond acceptors (Lipinski definition) is 3. The molecule has 0 atom stereocenters. The third-order valence-electron chi connectivity index (χ3n) is 3.61. The fourth-order valence-corrected chi connectivity index (χ4v) is 3.14. The van der Waals surface area contributed by atoms with Gasteiger partial charge in [-0.2, -0.15) is 5.10 Å². The van der Waals surface area contributed by atoms with Crippen LogP contribution in [-0.2, 0) is 7.05 Å². The first-order chi connectivity index (χ1) is 9.15. The maximum atomic E-state index is 12.0. The first-order valence-electron chi connectivity index (χ1n) is 6.44. The van der Waals surface area contributed by atoms with Gasteiger partial charge >= 0.3 is 0 Å². The zero-order valence-electron chi connectivity index (χ0n) is 10.7. The lowest BCUT2D eigenvalue weighted by Crippen LogP contribution is -2.15. The molecule has 2 heterocycles. The van der Waals surface area contributed by atoms with Crippen molar-refractivity contribution in [3.05, 3.63) is 32.9 Å². The van der Waals surface area contributed by atoms with Crippen LogP contribution in [0.15, 0.2) is 21.7 Å². The van der Waals surface area contributed by atoms with E-state index in [1.165, 1.54) is 12.8 Å². The summed E-state index contributed by atoms with van der Waals surface area (Å²) in [5.74, 6) is 0.996. The predicted molar refractivity (Wildman–Crippen MR) is 76.0 cm³/mol. The highest BCUT2D eigenvalue weighted by atomic mass is 79.9. The van der Waals surface area contributed by atoms with Gasteiger partial charge in [-0.3, -0.25) is 9.48 Å². The second-order valence-electron chi connectivity index (χ2n) is 5.00. The van der Waals surface area contributed by atoms with Crippen LogP contribution in [0.1, 0.15) is 37.3 Å². The van der Waals surface area contributed by atoms with Crippen molar-refractivity contribution in [1.29, 1.82) is 0 Å². The minimum Gasteiger partial charge on any atom is -0.305 e. The van der Waals surface area contributed by atoms with E-state index in [1.807, 2.05) is 13.2 Å². The van der Waals surface area contributed by atoms with Crippen molar-refractivity contribution in [3.8, 4) is 11.4 Å². The molecule has 1 fully saturated rings. The fraction of sp³-hybridized carbons (Fsp3) is 0.462. The Labute approximate surface area is 119 Å². The Bertz CT molecular complexity index is 655. The topological polar surface area (TPSA) is 63.6 Å². The van der Waals surface area contributed by atoms with E-state index in [2.05, 4.69) is 31.0 Å². The number of aryl methyl sites for hydroxylation is 1.